The third kappa shape index (κ3) is 2.37. The molecule has 0 saturated heterocycles. The van der Waals surface area contributed by atoms with Crippen LogP contribution in [0.1, 0.15) is 12.8 Å². The van der Waals surface area contributed by atoms with Crippen LogP contribution in [0.2, 0.25) is 0 Å². The summed E-state index contributed by atoms with van der Waals surface area (Å²) >= 11 is 0. The molecule has 0 aliphatic carbocycles. The molecule has 11 heavy (non-hydrogen) atoms. The van der Waals surface area contributed by atoms with Crippen LogP contribution in [0.3, 0.4) is 0 Å². The van der Waals surface area contributed by atoms with Crippen molar-refractivity contribution >= 4 is 0 Å². The second kappa shape index (κ2) is 4.16. The second-order valence-corrected chi connectivity index (χ2v) is 2.60. The molecule has 0 bridgehead atoms. The predicted octanol–water partition coefficient (Wildman–Crippen LogP) is 1.22. The molecule has 0 aliphatic heterocycles. The van der Waals surface area contributed by atoms with Gasteiger partial charge in [-0.3, -0.25) is 0 Å². The van der Waals surface area contributed by atoms with E-state index in [1.807, 2.05) is 0 Å². The van der Waals surface area contributed by atoms with Crippen LogP contribution in [0.15, 0.2) is 18.7 Å². The van der Waals surface area contributed by atoms with E-state index in [9.17, 15) is 0 Å². The fourth-order valence-corrected chi connectivity index (χ4v) is 1.07. The first kappa shape index (κ1) is 8.31. The molecule has 0 unspecified atom stereocenters. The number of rotatable bonds is 4. The topological polar surface area (TPSA) is 8.81 Å². The average molecular weight is 151 g/mol. The van der Waals surface area contributed by atoms with E-state index in [-0.39, 0.29) is 0 Å². The normalized spacial score (nSPS) is 10.4. The summed E-state index contributed by atoms with van der Waals surface area (Å²) in [5.41, 5.74) is 0. The number of aryl methyl sites for hydroxylation is 2. The van der Waals surface area contributed by atoms with E-state index in [4.69, 9.17) is 0 Å². The summed E-state index contributed by atoms with van der Waals surface area (Å²) in [6.45, 7) is 9.60. The summed E-state index contributed by atoms with van der Waals surface area (Å²) in [6.07, 6.45) is 8.12. The van der Waals surface area contributed by atoms with Crippen molar-refractivity contribution in [2.24, 2.45) is 0 Å². The predicted molar refractivity (Wildman–Crippen MR) is 44.6 cm³/mol. The lowest BCUT2D eigenvalue weighted by Gasteiger charge is -1.90. The Labute approximate surface area is 68.5 Å². The van der Waals surface area contributed by atoms with Crippen LogP contribution in [0.4, 0.5) is 0 Å². The highest BCUT2D eigenvalue weighted by atomic mass is 15.1. The first-order valence-electron chi connectivity index (χ1n) is 4.00. The van der Waals surface area contributed by atoms with E-state index in [2.05, 4.69) is 41.7 Å². The lowest BCUT2D eigenvalue weighted by molar-refractivity contribution is -0.695. The zero-order valence-corrected chi connectivity index (χ0v) is 6.87. The van der Waals surface area contributed by atoms with Crippen molar-refractivity contribution < 1.29 is 4.57 Å². The second-order valence-electron chi connectivity index (χ2n) is 2.60. The lowest BCUT2D eigenvalue weighted by Crippen LogP contribution is -2.30. The number of hydrogen-bond acceptors (Lipinski definition) is 0. The number of aromatic nitrogens is 2. The van der Waals surface area contributed by atoms with E-state index >= 15 is 0 Å². The molecular weight excluding hydrogens is 136 g/mol. The quantitative estimate of drug-likeness (QED) is 0.572. The number of nitrogens with zero attached hydrogens (tertiary/aromatic N) is 2. The fourth-order valence-electron chi connectivity index (χ4n) is 1.07. The van der Waals surface area contributed by atoms with Crippen molar-refractivity contribution in [3.8, 4) is 0 Å². The molecule has 0 aliphatic rings. The molecule has 0 amide bonds. The summed E-state index contributed by atoms with van der Waals surface area (Å²) < 4.78 is 4.28. The molecule has 2 nitrogen and oxygen atoms in total. The van der Waals surface area contributed by atoms with E-state index in [1.54, 1.807) is 0 Å². The third-order valence-electron chi connectivity index (χ3n) is 1.58. The smallest absolute Gasteiger partial charge is 0.237 e. The molecule has 1 aromatic heterocycles. The van der Waals surface area contributed by atoms with Crippen molar-refractivity contribution in [3.05, 3.63) is 32.6 Å². The Morgan fingerprint density at radius 3 is 2.73 bits per heavy atom. The van der Waals surface area contributed by atoms with Crippen LogP contribution in [-0.4, -0.2) is 4.57 Å². The van der Waals surface area contributed by atoms with Gasteiger partial charge in [0.2, 0.25) is 6.33 Å². The van der Waals surface area contributed by atoms with Gasteiger partial charge in [0, 0.05) is 0 Å². The number of imidazole rings is 1. The van der Waals surface area contributed by atoms with Crippen molar-refractivity contribution in [1.82, 2.24) is 4.57 Å². The summed E-state index contributed by atoms with van der Waals surface area (Å²) in [4.78, 5) is 0. The maximum atomic E-state index is 3.79. The van der Waals surface area contributed by atoms with Gasteiger partial charge in [-0.25, -0.2) is 9.13 Å². The largest absolute Gasteiger partial charge is 0.243 e. The number of hydrogen-bond donors (Lipinski definition) is 0. The Hall–Kier alpha value is -0.790. The Bertz CT molecular complexity index is 183. The average Bonchev–Trinajstić information content (AvgIpc) is 2.38. The van der Waals surface area contributed by atoms with E-state index in [0.29, 0.717) is 0 Å². The van der Waals surface area contributed by atoms with Crippen molar-refractivity contribution in [1.29, 1.82) is 0 Å². The molecule has 1 heterocycles. The fraction of sp³-hybridized carbons (Fsp3) is 0.444. The summed E-state index contributed by atoms with van der Waals surface area (Å²) in [7, 11) is 0. The molecule has 1 rings (SSSR count). The van der Waals surface area contributed by atoms with Gasteiger partial charge in [-0.2, -0.15) is 0 Å². The summed E-state index contributed by atoms with van der Waals surface area (Å²) in [5, 5.41) is 0. The molecule has 0 aromatic carbocycles. The molecule has 0 N–H and O–H groups in total. The van der Waals surface area contributed by atoms with Crippen molar-refractivity contribution in [2.45, 2.75) is 25.9 Å². The van der Waals surface area contributed by atoms with Crippen LogP contribution < -0.4 is 4.57 Å². The first-order chi connectivity index (χ1) is 5.36. The molecule has 1 aromatic rings. The summed E-state index contributed by atoms with van der Waals surface area (Å²) in [5.74, 6) is 0. The molecule has 2 heteroatoms. The Morgan fingerprint density at radius 2 is 2.09 bits per heavy atom. The maximum absolute atomic E-state index is 3.79. The lowest BCUT2D eigenvalue weighted by atomic mass is 10.5. The van der Waals surface area contributed by atoms with E-state index in [1.165, 1.54) is 0 Å². The monoisotopic (exact) mass is 151 g/mol. The molecule has 0 atom stereocenters. The maximum Gasteiger partial charge on any atom is 0.243 e. The van der Waals surface area contributed by atoms with Gasteiger partial charge in [-0.1, -0.05) is 0 Å². The van der Waals surface area contributed by atoms with Crippen molar-refractivity contribution in [2.75, 3.05) is 0 Å². The van der Waals surface area contributed by atoms with Gasteiger partial charge in [0.05, 0.1) is 13.1 Å². The highest BCUT2D eigenvalue weighted by molar-refractivity contribution is 4.66. The van der Waals surface area contributed by atoms with Gasteiger partial charge < -0.3 is 0 Å². The molecule has 0 saturated carbocycles. The zero-order valence-electron chi connectivity index (χ0n) is 6.87. The third-order valence-corrected chi connectivity index (χ3v) is 1.58. The SMILES string of the molecule is [CH2]CCn1cc[n+](CC[CH2])c1. The highest BCUT2D eigenvalue weighted by Gasteiger charge is 1.99. The van der Waals surface area contributed by atoms with Gasteiger partial charge in [0.1, 0.15) is 12.4 Å². The van der Waals surface area contributed by atoms with Crippen LogP contribution >= 0.6 is 0 Å². The Morgan fingerprint density at radius 1 is 1.27 bits per heavy atom. The van der Waals surface area contributed by atoms with Gasteiger partial charge in [-0.05, 0) is 26.7 Å². The minimum atomic E-state index is 0.944. The highest BCUT2D eigenvalue weighted by Crippen LogP contribution is 1.87. The van der Waals surface area contributed by atoms with Crippen LogP contribution in [0.5, 0.6) is 0 Å². The molecule has 0 fully saturated rings. The van der Waals surface area contributed by atoms with Gasteiger partial charge >= 0.3 is 0 Å². The minimum absolute atomic E-state index is 0.944. The first-order valence-corrected chi connectivity index (χ1v) is 4.00. The minimum Gasteiger partial charge on any atom is -0.237 e. The molecular formula is C9H15N2+. The van der Waals surface area contributed by atoms with Gasteiger partial charge in [0.15, 0.2) is 0 Å². The van der Waals surface area contributed by atoms with Crippen LogP contribution in [-0.2, 0) is 13.1 Å². The molecule has 2 radical (unpaired) electrons. The molecule has 60 valence electrons. The molecule has 0 spiro atoms. The standard InChI is InChI=1S/C9H15N2/c1-3-5-10-7-8-11(9-10)6-4-2/h7-9H,1-6H2/q+1. The van der Waals surface area contributed by atoms with Crippen LogP contribution in [0.25, 0.3) is 0 Å². The zero-order chi connectivity index (χ0) is 8.10. The van der Waals surface area contributed by atoms with E-state index in [0.717, 1.165) is 25.9 Å². The van der Waals surface area contributed by atoms with Gasteiger partial charge in [0.25, 0.3) is 0 Å². The Balaban J connectivity index is 2.51. The van der Waals surface area contributed by atoms with Gasteiger partial charge in [-0.15, -0.1) is 0 Å². The van der Waals surface area contributed by atoms with E-state index < -0.39 is 0 Å². The Kier molecular flexibility index (Phi) is 3.14. The van der Waals surface area contributed by atoms with Crippen LogP contribution in [0, 0.1) is 13.8 Å². The van der Waals surface area contributed by atoms with Crippen molar-refractivity contribution in [3.63, 3.8) is 0 Å². The summed E-state index contributed by atoms with van der Waals surface area (Å²) in [6, 6.07) is 0.